The molecule has 5 heteroatoms. The van der Waals surface area contributed by atoms with E-state index in [1.54, 1.807) is 0 Å². The quantitative estimate of drug-likeness (QED) is 0.927. The molecule has 0 amide bonds. The molecule has 0 spiro atoms. The highest BCUT2D eigenvalue weighted by Gasteiger charge is 2.26. The summed E-state index contributed by atoms with van der Waals surface area (Å²) in [5, 5.41) is 2.42. The number of nitrogens with zero attached hydrogens (tertiary/aromatic N) is 2. The van der Waals surface area contributed by atoms with Crippen molar-refractivity contribution in [2.24, 2.45) is 0 Å². The first-order valence-electron chi connectivity index (χ1n) is 7.72. The van der Waals surface area contributed by atoms with Gasteiger partial charge in [0.2, 0.25) is 0 Å². The number of hydrogen-bond acceptors (Lipinski definition) is 4. The summed E-state index contributed by atoms with van der Waals surface area (Å²) in [6.07, 6.45) is 8.02. The Morgan fingerprint density at radius 1 is 1.24 bits per heavy atom. The van der Waals surface area contributed by atoms with Crippen LogP contribution in [-0.2, 0) is 12.8 Å². The molecule has 0 atom stereocenters. The number of nitrogen functional groups attached to an aromatic ring is 1. The van der Waals surface area contributed by atoms with Crippen molar-refractivity contribution in [3.63, 3.8) is 0 Å². The van der Waals surface area contributed by atoms with Gasteiger partial charge in [-0.2, -0.15) is 0 Å². The molecule has 0 radical (unpaired) electrons. The van der Waals surface area contributed by atoms with Crippen LogP contribution < -0.4 is 11.3 Å². The summed E-state index contributed by atoms with van der Waals surface area (Å²) >= 11 is 1.40. The molecule has 2 aliphatic rings. The van der Waals surface area contributed by atoms with Gasteiger partial charge in [0, 0.05) is 17.1 Å². The fraction of sp³-hybridized carbons (Fsp3) is 0.500. The van der Waals surface area contributed by atoms with Gasteiger partial charge in [0.15, 0.2) is 5.13 Å². The highest BCUT2D eigenvalue weighted by atomic mass is 32.1. The smallest absolute Gasteiger partial charge is 0.260 e. The third-order valence-electron chi connectivity index (χ3n) is 4.78. The van der Waals surface area contributed by atoms with E-state index in [1.807, 2.05) is 5.38 Å². The Labute approximate surface area is 127 Å². The lowest BCUT2D eigenvalue weighted by molar-refractivity contribution is 0.486. The third kappa shape index (κ3) is 2.11. The standard InChI is InChI=1S/C16H19N3OS/c17-16-18-13(9-21-16)12-8-10-4-3-7-14(10)19(15(12)20)11-5-1-2-6-11/h8-9,11H,1-7H2,(H2,17,18). The van der Waals surface area contributed by atoms with E-state index in [0.29, 0.717) is 11.2 Å². The first-order chi connectivity index (χ1) is 10.2. The summed E-state index contributed by atoms with van der Waals surface area (Å²) in [6, 6.07) is 2.45. The van der Waals surface area contributed by atoms with Gasteiger partial charge in [-0.1, -0.05) is 12.8 Å². The van der Waals surface area contributed by atoms with E-state index in [9.17, 15) is 4.79 Å². The molecule has 0 saturated heterocycles. The summed E-state index contributed by atoms with van der Waals surface area (Å²) in [4.78, 5) is 17.3. The molecule has 0 unspecified atom stereocenters. The van der Waals surface area contributed by atoms with E-state index in [0.717, 1.165) is 43.4 Å². The van der Waals surface area contributed by atoms with E-state index in [-0.39, 0.29) is 5.56 Å². The Morgan fingerprint density at radius 2 is 2.05 bits per heavy atom. The van der Waals surface area contributed by atoms with Gasteiger partial charge in [0.1, 0.15) is 0 Å². The average molecular weight is 301 g/mol. The predicted octanol–water partition coefficient (Wildman–Crippen LogP) is 3.16. The van der Waals surface area contributed by atoms with Crippen LogP contribution in [0.1, 0.15) is 49.4 Å². The second-order valence-electron chi connectivity index (χ2n) is 6.07. The van der Waals surface area contributed by atoms with E-state index < -0.39 is 0 Å². The maximum Gasteiger partial charge on any atom is 0.260 e. The molecule has 1 saturated carbocycles. The number of hydrogen-bond donors (Lipinski definition) is 1. The lowest BCUT2D eigenvalue weighted by Crippen LogP contribution is -2.28. The molecule has 110 valence electrons. The van der Waals surface area contributed by atoms with Crippen LogP contribution in [0.5, 0.6) is 0 Å². The number of rotatable bonds is 2. The fourth-order valence-corrected chi connectivity index (χ4v) is 4.38. The second-order valence-corrected chi connectivity index (χ2v) is 6.96. The highest BCUT2D eigenvalue weighted by molar-refractivity contribution is 7.13. The van der Waals surface area contributed by atoms with Crippen molar-refractivity contribution < 1.29 is 0 Å². The molecule has 2 aliphatic carbocycles. The molecular formula is C16H19N3OS. The minimum atomic E-state index is 0.132. The summed E-state index contributed by atoms with van der Waals surface area (Å²) in [5.74, 6) is 0. The number of pyridine rings is 1. The first kappa shape index (κ1) is 13.1. The lowest BCUT2D eigenvalue weighted by atomic mass is 10.1. The van der Waals surface area contributed by atoms with Crippen molar-refractivity contribution in [1.82, 2.24) is 9.55 Å². The highest BCUT2D eigenvalue weighted by Crippen LogP contribution is 2.34. The van der Waals surface area contributed by atoms with Crippen LogP contribution in [0.4, 0.5) is 5.13 Å². The molecule has 0 aromatic carbocycles. The summed E-state index contributed by atoms with van der Waals surface area (Å²) in [6.45, 7) is 0. The van der Waals surface area contributed by atoms with Gasteiger partial charge in [0.05, 0.1) is 11.3 Å². The minimum Gasteiger partial charge on any atom is -0.375 e. The lowest BCUT2D eigenvalue weighted by Gasteiger charge is -2.20. The summed E-state index contributed by atoms with van der Waals surface area (Å²) in [5.41, 5.74) is 9.95. The monoisotopic (exact) mass is 301 g/mol. The summed E-state index contributed by atoms with van der Waals surface area (Å²) in [7, 11) is 0. The van der Waals surface area contributed by atoms with Crippen LogP contribution in [0.25, 0.3) is 11.3 Å². The molecule has 0 aliphatic heterocycles. The normalized spacial score (nSPS) is 18.3. The predicted molar refractivity (Wildman–Crippen MR) is 85.8 cm³/mol. The Hall–Kier alpha value is -1.62. The molecule has 2 N–H and O–H groups in total. The maximum atomic E-state index is 13.0. The molecule has 2 aromatic rings. The second kappa shape index (κ2) is 4.98. The SMILES string of the molecule is Nc1nc(-c2cc3c(n(C4CCCC4)c2=O)CCC3)cs1. The molecule has 4 nitrogen and oxygen atoms in total. The topological polar surface area (TPSA) is 60.9 Å². The van der Waals surface area contributed by atoms with E-state index in [2.05, 4.69) is 15.6 Å². The zero-order valence-corrected chi connectivity index (χ0v) is 12.8. The van der Waals surface area contributed by atoms with Crippen LogP contribution in [0.3, 0.4) is 0 Å². The minimum absolute atomic E-state index is 0.132. The van der Waals surface area contributed by atoms with Crippen LogP contribution in [0.15, 0.2) is 16.2 Å². The Balaban J connectivity index is 1.93. The van der Waals surface area contributed by atoms with Gasteiger partial charge in [-0.3, -0.25) is 4.79 Å². The molecule has 2 heterocycles. The Kier molecular flexibility index (Phi) is 3.10. The molecule has 21 heavy (non-hydrogen) atoms. The largest absolute Gasteiger partial charge is 0.375 e. The van der Waals surface area contributed by atoms with Gasteiger partial charge in [0.25, 0.3) is 5.56 Å². The van der Waals surface area contributed by atoms with Crippen molar-refractivity contribution in [3.8, 4) is 11.3 Å². The van der Waals surface area contributed by atoms with Crippen LogP contribution in [-0.4, -0.2) is 9.55 Å². The van der Waals surface area contributed by atoms with Crippen molar-refractivity contribution in [3.05, 3.63) is 33.1 Å². The van der Waals surface area contributed by atoms with E-state index >= 15 is 0 Å². The van der Waals surface area contributed by atoms with Gasteiger partial charge in [-0.15, -0.1) is 11.3 Å². The number of anilines is 1. The first-order valence-corrected chi connectivity index (χ1v) is 8.60. The number of aromatic nitrogens is 2. The van der Waals surface area contributed by atoms with E-state index in [1.165, 1.54) is 35.4 Å². The van der Waals surface area contributed by atoms with Crippen molar-refractivity contribution in [2.45, 2.75) is 51.0 Å². The van der Waals surface area contributed by atoms with Gasteiger partial charge >= 0.3 is 0 Å². The van der Waals surface area contributed by atoms with Crippen molar-refractivity contribution >= 4 is 16.5 Å². The zero-order valence-electron chi connectivity index (χ0n) is 12.0. The Bertz CT molecular complexity index is 740. The third-order valence-corrected chi connectivity index (χ3v) is 5.45. The van der Waals surface area contributed by atoms with Crippen molar-refractivity contribution in [2.75, 3.05) is 5.73 Å². The molecule has 1 fully saturated rings. The van der Waals surface area contributed by atoms with Crippen LogP contribution in [0.2, 0.25) is 0 Å². The maximum absolute atomic E-state index is 13.0. The summed E-state index contributed by atoms with van der Waals surface area (Å²) < 4.78 is 2.10. The number of nitrogens with two attached hydrogens (primary N) is 1. The number of aryl methyl sites for hydroxylation is 1. The zero-order chi connectivity index (χ0) is 14.4. The molecular weight excluding hydrogens is 282 g/mol. The average Bonchev–Trinajstić information content (AvgIpc) is 3.18. The van der Waals surface area contributed by atoms with Gasteiger partial charge in [-0.25, -0.2) is 4.98 Å². The van der Waals surface area contributed by atoms with Crippen LogP contribution in [0, 0.1) is 0 Å². The van der Waals surface area contributed by atoms with E-state index in [4.69, 9.17) is 5.73 Å². The number of fused-ring (bicyclic) bond motifs is 1. The molecule has 2 aromatic heterocycles. The number of thiazole rings is 1. The molecule has 4 rings (SSSR count). The van der Waals surface area contributed by atoms with Crippen molar-refractivity contribution in [1.29, 1.82) is 0 Å². The fourth-order valence-electron chi connectivity index (χ4n) is 3.81. The van der Waals surface area contributed by atoms with Crippen LogP contribution >= 0.6 is 11.3 Å². The molecule has 0 bridgehead atoms. The Morgan fingerprint density at radius 3 is 2.76 bits per heavy atom. The van der Waals surface area contributed by atoms with Gasteiger partial charge in [-0.05, 0) is 43.7 Å². The van der Waals surface area contributed by atoms with Gasteiger partial charge < -0.3 is 10.3 Å².